The molecule has 0 bridgehead atoms. The Morgan fingerprint density at radius 2 is 1.81 bits per heavy atom. The summed E-state index contributed by atoms with van der Waals surface area (Å²) in [6.07, 6.45) is 9.02. The Hall–Kier alpha value is -0.570. The maximum Gasteiger partial charge on any atom is 0.236 e. The molecule has 0 aromatic heterocycles. The van der Waals surface area contributed by atoms with Gasteiger partial charge in [0, 0.05) is 13.1 Å². The molecule has 0 spiro atoms. The summed E-state index contributed by atoms with van der Waals surface area (Å²) < 4.78 is 0. The zero-order valence-electron chi connectivity index (χ0n) is 10.2. The standard InChI is InChI=1S/C13H24N2O/c16-13(11-14-8-7-12-5-6-12)15-9-3-1-2-4-10-15/h12,14H,1-11H2. The van der Waals surface area contributed by atoms with Gasteiger partial charge in [0.25, 0.3) is 0 Å². The topological polar surface area (TPSA) is 32.3 Å². The zero-order chi connectivity index (χ0) is 11.2. The van der Waals surface area contributed by atoms with Crippen molar-refractivity contribution in [2.45, 2.75) is 44.9 Å². The van der Waals surface area contributed by atoms with E-state index in [1.54, 1.807) is 0 Å². The van der Waals surface area contributed by atoms with E-state index >= 15 is 0 Å². The Morgan fingerprint density at radius 1 is 1.12 bits per heavy atom. The van der Waals surface area contributed by atoms with Crippen molar-refractivity contribution in [2.24, 2.45) is 5.92 Å². The highest BCUT2D eigenvalue weighted by molar-refractivity contribution is 5.78. The quantitative estimate of drug-likeness (QED) is 0.722. The van der Waals surface area contributed by atoms with E-state index in [2.05, 4.69) is 5.32 Å². The van der Waals surface area contributed by atoms with Gasteiger partial charge in [0.05, 0.1) is 6.54 Å². The van der Waals surface area contributed by atoms with E-state index in [0.29, 0.717) is 12.5 Å². The fourth-order valence-corrected chi connectivity index (χ4v) is 2.34. The molecule has 0 aromatic rings. The van der Waals surface area contributed by atoms with Crippen molar-refractivity contribution >= 4 is 5.91 Å². The van der Waals surface area contributed by atoms with Gasteiger partial charge in [0.2, 0.25) is 5.91 Å². The number of hydrogen-bond donors (Lipinski definition) is 1. The molecular weight excluding hydrogens is 200 g/mol. The smallest absolute Gasteiger partial charge is 0.236 e. The predicted molar refractivity (Wildman–Crippen MR) is 65.3 cm³/mol. The van der Waals surface area contributed by atoms with Crippen LogP contribution in [-0.2, 0) is 4.79 Å². The van der Waals surface area contributed by atoms with Crippen molar-refractivity contribution in [3.63, 3.8) is 0 Å². The Morgan fingerprint density at radius 3 is 2.44 bits per heavy atom. The second-order valence-corrected chi connectivity index (χ2v) is 5.20. The Labute approximate surface area is 98.6 Å². The van der Waals surface area contributed by atoms with Crippen molar-refractivity contribution in [3.05, 3.63) is 0 Å². The number of nitrogens with one attached hydrogen (secondary N) is 1. The number of likely N-dealkylation sites (tertiary alicyclic amines) is 1. The summed E-state index contributed by atoms with van der Waals surface area (Å²) in [6, 6.07) is 0. The summed E-state index contributed by atoms with van der Waals surface area (Å²) in [5.41, 5.74) is 0. The van der Waals surface area contributed by atoms with Crippen molar-refractivity contribution < 1.29 is 4.79 Å². The summed E-state index contributed by atoms with van der Waals surface area (Å²) >= 11 is 0. The van der Waals surface area contributed by atoms with Crippen LogP contribution in [0.2, 0.25) is 0 Å². The lowest BCUT2D eigenvalue weighted by Crippen LogP contribution is -2.39. The first kappa shape index (κ1) is 11.9. The van der Waals surface area contributed by atoms with Gasteiger partial charge in [-0.3, -0.25) is 4.79 Å². The summed E-state index contributed by atoms with van der Waals surface area (Å²) in [4.78, 5) is 13.9. The van der Waals surface area contributed by atoms with Crippen LogP contribution in [0.3, 0.4) is 0 Å². The van der Waals surface area contributed by atoms with Crippen LogP contribution >= 0.6 is 0 Å². The van der Waals surface area contributed by atoms with Gasteiger partial charge in [-0.1, -0.05) is 25.7 Å². The average Bonchev–Trinajstić information content (AvgIpc) is 3.10. The number of carbonyl (C=O) groups is 1. The predicted octanol–water partition coefficient (Wildman–Crippen LogP) is 1.78. The fraction of sp³-hybridized carbons (Fsp3) is 0.923. The number of hydrogen-bond acceptors (Lipinski definition) is 2. The van der Waals surface area contributed by atoms with Gasteiger partial charge in [-0.2, -0.15) is 0 Å². The molecule has 1 saturated heterocycles. The monoisotopic (exact) mass is 224 g/mol. The van der Waals surface area contributed by atoms with Crippen LogP contribution in [0.4, 0.5) is 0 Å². The van der Waals surface area contributed by atoms with E-state index in [-0.39, 0.29) is 0 Å². The number of amides is 1. The van der Waals surface area contributed by atoms with Crippen molar-refractivity contribution in [3.8, 4) is 0 Å². The lowest BCUT2D eigenvalue weighted by molar-refractivity contribution is -0.130. The third kappa shape index (κ3) is 4.12. The van der Waals surface area contributed by atoms with Crippen molar-refractivity contribution in [2.75, 3.05) is 26.2 Å². The maximum absolute atomic E-state index is 11.9. The minimum absolute atomic E-state index is 0.303. The van der Waals surface area contributed by atoms with E-state index in [4.69, 9.17) is 0 Å². The Bertz CT molecular complexity index is 218. The molecule has 1 amide bonds. The van der Waals surface area contributed by atoms with E-state index < -0.39 is 0 Å². The molecule has 92 valence electrons. The highest BCUT2D eigenvalue weighted by Gasteiger charge is 2.20. The number of nitrogens with zero attached hydrogens (tertiary/aromatic N) is 1. The van der Waals surface area contributed by atoms with Gasteiger partial charge in [-0.15, -0.1) is 0 Å². The van der Waals surface area contributed by atoms with Gasteiger partial charge in [0.1, 0.15) is 0 Å². The van der Waals surface area contributed by atoms with Gasteiger partial charge in [0.15, 0.2) is 0 Å². The van der Waals surface area contributed by atoms with E-state index in [1.807, 2.05) is 4.90 Å². The summed E-state index contributed by atoms with van der Waals surface area (Å²) in [7, 11) is 0. The van der Waals surface area contributed by atoms with Gasteiger partial charge < -0.3 is 10.2 Å². The molecule has 0 radical (unpaired) electrons. The first-order valence-corrected chi connectivity index (χ1v) is 6.85. The van der Waals surface area contributed by atoms with Gasteiger partial charge in [-0.25, -0.2) is 0 Å². The molecule has 0 aromatic carbocycles. The third-order valence-corrected chi connectivity index (χ3v) is 3.66. The first-order valence-electron chi connectivity index (χ1n) is 6.85. The Kier molecular flexibility index (Phi) is 4.64. The minimum atomic E-state index is 0.303. The largest absolute Gasteiger partial charge is 0.342 e. The van der Waals surface area contributed by atoms with Crippen LogP contribution in [0, 0.1) is 5.92 Å². The second kappa shape index (κ2) is 6.24. The van der Waals surface area contributed by atoms with E-state index in [9.17, 15) is 4.79 Å². The molecule has 2 fully saturated rings. The lowest BCUT2D eigenvalue weighted by atomic mass is 10.2. The van der Waals surface area contributed by atoms with Crippen molar-refractivity contribution in [1.82, 2.24) is 10.2 Å². The molecule has 16 heavy (non-hydrogen) atoms. The van der Waals surface area contributed by atoms with Crippen LogP contribution in [0.1, 0.15) is 44.9 Å². The molecule has 2 rings (SSSR count). The SMILES string of the molecule is O=C(CNCCC1CC1)N1CCCCCC1. The molecular formula is C13H24N2O. The van der Waals surface area contributed by atoms with Crippen LogP contribution in [-0.4, -0.2) is 37.0 Å². The van der Waals surface area contributed by atoms with Crippen LogP contribution in [0.15, 0.2) is 0 Å². The normalized spacial score (nSPS) is 21.9. The van der Waals surface area contributed by atoms with E-state index in [0.717, 1.165) is 25.6 Å². The second-order valence-electron chi connectivity index (χ2n) is 5.20. The average molecular weight is 224 g/mol. The molecule has 1 heterocycles. The summed E-state index contributed by atoms with van der Waals surface area (Å²) in [5.74, 6) is 1.26. The molecule has 3 heteroatoms. The van der Waals surface area contributed by atoms with Crippen LogP contribution in [0.25, 0.3) is 0 Å². The number of rotatable bonds is 5. The van der Waals surface area contributed by atoms with Gasteiger partial charge in [-0.05, 0) is 31.7 Å². The molecule has 0 unspecified atom stereocenters. The third-order valence-electron chi connectivity index (χ3n) is 3.66. The molecule has 1 aliphatic carbocycles. The maximum atomic E-state index is 11.9. The fourth-order valence-electron chi connectivity index (χ4n) is 2.34. The van der Waals surface area contributed by atoms with Crippen LogP contribution in [0.5, 0.6) is 0 Å². The molecule has 1 aliphatic heterocycles. The summed E-state index contributed by atoms with van der Waals surface area (Å²) in [6.45, 7) is 3.52. The zero-order valence-corrected chi connectivity index (χ0v) is 10.2. The van der Waals surface area contributed by atoms with Gasteiger partial charge >= 0.3 is 0 Å². The lowest BCUT2D eigenvalue weighted by Gasteiger charge is -2.20. The molecule has 1 N–H and O–H groups in total. The highest BCUT2D eigenvalue weighted by Crippen LogP contribution is 2.31. The Balaban J connectivity index is 1.57. The van der Waals surface area contributed by atoms with E-state index in [1.165, 1.54) is 44.9 Å². The molecule has 3 nitrogen and oxygen atoms in total. The molecule has 0 atom stereocenters. The summed E-state index contributed by atoms with van der Waals surface area (Å²) in [5, 5.41) is 3.28. The first-order chi connectivity index (χ1) is 7.86. The molecule has 2 aliphatic rings. The van der Waals surface area contributed by atoms with Crippen molar-refractivity contribution in [1.29, 1.82) is 0 Å². The van der Waals surface area contributed by atoms with Crippen LogP contribution < -0.4 is 5.32 Å². The highest BCUT2D eigenvalue weighted by atomic mass is 16.2. The molecule has 1 saturated carbocycles. The minimum Gasteiger partial charge on any atom is -0.342 e. The number of carbonyl (C=O) groups excluding carboxylic acids is 1.